The van der Waals surface area contributed by atoms with E-state index in [1.165, 1.54) is 16.8 Å². The second kappa shape index (κ2) is 5.63. The van der Waals surface area contributed by atoms with Gasteiger partial charge in [-0.05, 0) is 23.6 Å². The van der Waals surface area contributed by atoms with Crippen LogP contribution in [0, 0.1) is 0 Å². The maximum absolute atomic E-state index is 4.27. The van der Waals surface area contributed by atoms with E-state index in [1.807, 2.05) is 7.05 Å². The first-order valence-corrected chi connectivity index (χ1v) is 7.10. The van der Waals surface area contributed by atoms with Crippen molar-refractivity contribution in [2.45, 2.75) is 19.4 Å². The van der Waals surface area contributed by atoms with Crippen LogP contribution >= 0.6 is 0 Å². The zero-order chi connectivity index (χ0) is 13.9. The Morgan fingerprint density at radius 1 is 1.30 bits per heavy atom. The topological polar surface area (TPSA) is 46.0 Å². The smallest absolute Gasteiger partial charge is 0.151 e. The fourth-order valence-electron chi connectivity index (χ4n) is 2.66. The van der Waals surface area contributed by atoms with Crippen LogP contribution in [0.5, 0.6) is 0 Å². The first-order valence-electron chi connectivity index (χ1n) is 7.10. The van der Waals surface area contributed by atoms with Gasteiger partial charge < -0.3 is 10.2 Å². The largest absolute Gasteiger partial charge is 0.374 e. The molecule has 0 saturated carbocycles. The standard InChI is InChI=1S/C15H21N5/c1-19-8-6-13-9-12(3-4-14(13)19)10-16-7-5-15-17-11-20(2)18-15/h3-4,9,11,16H,5-8,10H2,1-2H3. The van der Waals surface area contributed by atoms with Crippen molar-refractivity contribution >= 4 is 5.69 Å². The SMILES string of the molecule is CN1CCc2cc(CNCCc3ncn(C)n3)ccc21. The molecule has 2 heterocycles. The summed E-state index contributed by atoms with van der Waals surface area (Å²) in [7, 11) is 4.05. The fraction of sp³-hybridized carbons (Fsp3) is 0.467. The van der Waals surface area contributed by atoms with Crippen molar-refractivity contribution < 1.29 is 0 Å². The molecule has 1 N–H and O–H groups in total. The molecule has 20 heavy (non-hydrogen) atoms. The van der Waals surface area contributed by atoms with Crippen molar-refractivity contribution in [1.29, 1.82) is 0 Å². The van der Waals surface area contributed by atoms with Crippen LogP contribution in [-0.2, 0) is 26.4 Å². The van der Waals surface area contributed by atoms with Crippen molar-refractivity contribution in [2.75, 3.05) is 25.0 Å². The van der Waals surface area contributed by atoms with Gasteiger partial charge in [0.1, 0.15) is 6.33 Å². The number of aryl methyl sites for hydroxylation is 1. The van der Waals surface area contributed by atoms with Crippen LogP contribution in [0.4, 0.5) is 5.69 Å². The molecular weight excluding hydrogens is 250 g/mol. The number of fused-ring (bicyclic) bond motifs is 1. The molecule has 0 unspecified atom stereocenters. The van der Waals surface area contributed by atoms with E-state index in [9.17, 15) is 0 Å². The second-order valence-electron chi connectivity index (χ2n) is 5.40. The predicted octanol–water partition coefficient (Wildman–Crippen LogP) is 1.14. The summed E-state index contributed by atoms with van der Waals surface area (Å²) in [5, 5.41) is 7.73. The number of rotatable bonds is 5. The molecule has 0 saturated heterocycles. The lowest BCUT2D eigenvalue weighted by molar-refractivity contribution is 0.661. The van der Waals surface area contributed by atoms with Crippen LogP contribution in [0.15, 0.2) is 24.5 Å². The summed E-state index contributed by atoms with van der Waals surface area (Å²) in [4.78, 5) is 6.54. The Labute approximate surface area is 119 Å². The Balaban J connectivity index is 1.49. The van der Waals surface area contributed by atoms with Gasteiger partial charge in [-0.25, -0.2) is 4.98 Å². The highest BCUT2D eigenvalue weighted by atomic mass is 15.3. The van der Waals surface area contributed by atoms with E-state index in [1.54, 1.807) is 11.0 Å². The highest BCUT2D eigenvalue weighted by molar-refractivity contribution is 5.58. The molecule has 0 spiro atoms. The van der Waals surface area contributed by atoms with Crippen molar-refractivity contribution in [2.24, 2.45) is 7.05 Å². The molecule has 0 amide bonds. The number of hydrogen-bond acceptors (Lipinski definition) is 4. The van der Waals surface area contributed by atoms with Crippen LogP contribution in [0.25, 0.3) is 0 Å². The van der Waals surface area contributed by atoms with Crippen molar-refractivity contribution in [1.82, 2.24) is 20.1 Å². The molecule has 0 atom stereocenters. The molecule has 0 radical (unpaired) electrons. The third kappa shape index (κ3) is 2.82. The van der Waals surface area contributed by atoms with Gasteiger partial charge in [0, 0.05) is 45.8 Å². The van der Waals surface area contributed by atoms with Crippen molar-refractivity contribution in [3.63, 3.8) is 0 Å². The van der Waals surface area contributed by atoms with E-state index in [-0.39, 0.29) is 0 Å². The summed E-state index contributed by atoms with van der Waals surface area (Å²) in [6.45, 7) is 2.95. The Morgan fingerprint density at radius 3 is 3.00 bits per heavy atom. The molecule has 5 nitrogen and oxygen atoms in total. The van der Waals surface area contributed by atoms with Crippen molar-refractivity contribution in [3.05, 3.63) is 41.5 Å². The molecule has 1 aliphatic rings. The van der Waals surface area contributed by atoms with E-state index >= 15 is 0 Å². The molecule has 0 fully saturated rings. The van der Waals surface area contributed by atoms with Crippen LogP contribution < -0.4 is 10.2 Å². The first-order chi connectivity index (χ1) is 9.72. The van der Waals surface area contributed by atoms with Gasteiger partial charge >= 0.3 is 0 Å². The molecule has 1 aromatic heterocycles. The molecular formula is C15H21N5. The average molecular weight is 271 g/mol. The summed E-state index contributed by atoms with van der Waals surface area (Å²) in [6.07, 6.45) is 3.78. The molecule has 5 heteroatoms. The van der Waals surface area contributed by atoms with Gasteiger partial charge in [0.2, 0.25) is 0 Å². The van der Waals surface area contributed by atoms with E-state index < -0.39 is 0 Å². The molecule has 0 aliphatic carbocycles. The van der Waals surface area contributed by atoms with Crippen LogP contribution in [0.3, 0.4) is 0 Å². The van der Waals surface area contributed by atoms with Gasteiger partial charge in [0.15, 0.2) is 5.82 Å². The Bertz CT molecular complexity index is 590. The molecule has 106 valence electrons. The van der Waals surface area contributed by atoms with Gasteiger partial charge in [-0.15, -0.1) is 0 Å². The van der Waals surface area contributed by atoms with Gasteiger partial charge in [-0.1, -0.05) is 12.1 Å². The number of nitrogens with one attached hydrogen (secondary N) is 1. The third-order valence-corrected chi connectivity index (χ3v) is 3.77. The molecule has 1 aromatic carbocycles. The molecule has 2 aromatic rings. The Morgan fingerprint density at radius 2 is 2.20 bits per heavy atom. The minimum Gasteiger partial charge on any atom is -0.374 e. The zero-order valence-corrected chi connectivity index (χ0v) is 12.1. The quantitative estimate of drug-likeness (QED) is 0.828. The summed E-state index contributed by atoms with van der Waals surface area (Å²) < 4.78 is 1.74. The minimum absolute atomic E-state index is 0.870. The first kappa shape index (κ1) is 13.1. The summed E-state index contributed by atoms with van der Waals surface area (Å²) in [6, 6.07) is 6.77. The second-order valence-corrected chi connectivity index (χ2v) is 5.40. The highest BCUT2D eigenvalue weighted by Gasteiger charge is 2.15. The van der Waals surface area contributed by atoms with Crippen LogP contribution in [0.1, 0.15) is 17.0 Å². The zero-order valence-electron chi connectivity index (χ0n) is 12.1. The molecule has 3 rings (SSSR count). The Kier molecular flexibility index (Phi) is 3.69. The van der Waals surface area contributed by atoms with Crippen molar-refractivity contribution in [3.8, 4) is 0 Å². The van der Waals surface area contributed by atoms with Gasteiger partial charge in [-0.3, -0.25) is 4.68 Å². The maximum Gasteiger partial charge on any atom is 0.151 e. The van der Waals surface area contributed by atoms with Gasteiger partial charge in [-0.2, -0.15) is 5.10 Å². The number of nitrogens with zero attached hydrogens (tertiary/aromatic N) is 4. The minimum atomic E-state index is 0.870. The summed E-state index contributed by atoms with van der Waals surface area (Å²) >= 11 is 0. The van der Waals surface area contributed by atoms with E-state index in [0.717, 1.165) is 38.3 Å². The van der Waals surface area contributed by atoms with Gasteiger partial charge in [0.25, 0.3) is 0 Å². The van der Waals surface area contributed by atoms with E-state index in [4.69, 9.17) is 0 Å². The predicted molar refractivity (Wildman–Crippen MR) is 79.8 cm³/mol. The van der Waals surface area contributed by atoms with Crippen LogP contribution in [-0.4, -0.2) is 34.9 Å². The number of hydrogen-bond donors (Lipinski definition) is 1. The van der Waals surface area contributed by atoms with E-state index in [0.29, 0.717) is 0 Å². The van der Waals surface area contributed by atoms with Gasteiger partial charge in [0.05, 0.1) is 0 Å². The van der Waals surface area contributed by atoms with Crippen LogP contribution in [0.2, 0.25) is 0 Å². The third-order valence-electron chi connectivity index (χ3n) is 3.77. The maximum atomic E-state index is 4.27. The number of anilines is 1. The fourth-order valence-corrected chi connectivity index (χ4v) is 2.66. The summed E-state index contributed by atoms with van der Waals surface area (Å²) in [5.41, 5.74) is 4.21. The molecule has 1 aliphatic heterocycles. The van der Waals surface area contributed by atoms with E-state index in [2.05, 4.69) is 45.5 Å². The monoisotopic (exact) mass is 271 g/mol. The lowest BCUT2D eigenvalue weighted by Crippen LogP contribution is -2.17. The average Bonchev–Trinajstić information content (AvgIpc) is 3.02. The normalized spacial score (nSPS) is 13.8. The lowest BCUT2D eigenvalue weighted by Gasteiger charge is -2.12. The lowest BCUT2D eigenvalue weighted by atomic mass is 10.1. The summed E-state index contributed by atoms with van der Waals surface area (Å²) in [5.74, 6) is 0.899. The Hall–Kier alpha value is -1.88. The number of likely N-dealkylation sites (N-methyl/N-ethyl adjacent to an activating group) is 1. The number of aromatic nitrogens is 3. The highest BCUT2D eigenvalue weighted by Crippen LogP contribution is 2.27. The number of benzene rings is 1. The molecule has 0 bridgehead atoms.